The molecule has 0 atom stereocenters. The summed E-state index contributed by atoms with van der Waals surface area (Å²) in [4.78, 5) is 3.68. The van der Waals surface area contributed by atoms with Crippen LogP contribution in [-0.4, -0.2) is 12.1 Å². The molecule has 1 aromatic heterocycles. The Hall–Kier alpha value is -1.85. The van der Waals surface area contributed by atoms with Crippen molar-refractivity contribution in [1.29, 1.82) is 0 Å². The van der Waals surface area contributed by atoms with Crippen LogP contribution in [0.4, 0.5) is 17.6 Å². The van der Waals surface area contributed by atoms with Crippen molar-refractivity contribution >= 4 is 10.9 Å². The van der Waals surface area contributed by atoms with Crippen LogP contribution in [0.2, 0.25) is 0 Å². The molecule has 1 heterocycles. The summed E-state index contributed by atoms with van der Waals surface area (Å²) in [6, 6.07) is 5.13. The van der Waals surface area contributed by atoms with Gasteiger partial charge in [-0.05, 0) is 12.1 Å². The summed E-state index contributed by atoms with van der Waals surface area (Å²) in [5, 5.41) is 0.119. The molecule has 0 saturated heterocycles. The molecule has 0 N–H and O–H groups in total. The minimum atomic E-state index is -2.91. The first-order valence-electron chi connectivity index (χ1n) is 5.08. The van der Waals surface area contributed by atoms with E-state index in [-0.39, 0.29) is 16.7 Å². The highest BCUT2D eigenvalue weighted by molar-refractivity contribution is 5.87. The minimum absolute atomic E-state index is 0.0214. The lowest BCUT2D eigenvalue weighted by Gasteiger charge is -2.11. The number of fused-ring (bicyclic) bond motifs is 1. The van der Waals surface area contributed by atoms with E-state index < -0.39 is 24.1 Å². The zero-order chi connectivity index (χ0) is 13.3. The molecule has 0 amide bonds. The van der Waals surface area contributed by atoms with Crippen LogP contribution in [0.15, 0.2) is 24.3 Å². The Morgan fingerprint density at radius 1 is 1.11 bits per heavy atom. The molecular formula is C12H9F4NO. The minimum Gasteiger partial charge on any atom is -0.494 e. The van der Waals surface area contributed by atoms with E-state index in [0.29, 0.717) is 0 Å². The van der Waals surface area contributed by atoms with Gasteiger partial charge in [0.15, 0.2) is 0 Å². The Morgan fingerprint density at radius 3 is 2.39 bits per heavy atom. The third kappa shape index (κ3) is 2.10. The maximum absolute atomic E-state index is 12.9. The summed E-state index contributed by atoms with van der Waals surface area (Å²) in [6.07, 6.45) is -5.75. The third-order valence-electron chi connectivity index (χ3n) is 2.53. The van der Waals surface area contributed by atoms with Gasteiger partial charge in [0.05, 0.1) is 7.11 Å². The van der Waals surface area contributed by atoms with E-state index in [2.05, 4.69) is 4.98 Å². The molecule has 0 spiro atoms. The Labute approximate surface area is 100 Å². The highest BCUT2D eigenvalue weighted by atomic mass is 19.3. The summed E-state index contributed by atoms with van der Waals surface area (Å²) in [6.45, 7) is 0. The zero-order valence-corrected chi connectivity index (χ0v) is 9.33. The van der Waals surface area contributed by atoms with Gasteiger partial charge in [0.1, 0.15) is 17.0 Å². The van der Waals surface area contributed by atoms with Gasteiger partial charge in [-0.2, -0.15) is 0 Å². The molecule has 2 nitrogen and oxygen atoms in total. The molecule has 0 bridgehead atoms. The highest BCUT2D eigenvalue weighted by Gasteiger charge is 2.19. The summed E-state index contributed by atoms with van der Waals surface area (Å²) in [7, 11) is 1.33. The molecule has 0 radical (unpaired) electrons. The van der Waals surface area contributed by atoms with Crippen molar-refractivity contribution in [2.45, 2.75) is 12.9 Å². The second-order valence-corrected chi connectivity index (χ2v) is 3.59. The van der Waals surface area contributed by atoms with Gasteiger partial charge in [-0.25, -0.2) is 22.5 Å². The average Bonchev–Trinajstić information content (AvgIpc) is 2.36. The Bertz CT molecular complexity index is 571. The van der Waals surface area contributed by atoms with Crippen molar-refractivity contribution in [3.05, 3.63) is 35.5 Å². The molecule has 96 valence electrons. The Morgan fingerprint density at radius 2 is 1.83 bits per heavy atom. The number of alkyl halides is 4. The number of benzene rings is 1. The second kappa shape index (κ2) is 4.80. The predicted molar refractivity (Wildman–Crippen MR) is 58.2 cm³/mol. The van der Waals surface area contributed by atoms with Crippen LogP contribution in [0, 0.1) is 0 Å². The number of methoxy groups -OCH3 is 1. The quantitative estimate of drug-likeness (QED) is 0.773. The summed E-state index contributed by atoms with van der Waals surface area (Å²) in [5.41, 5.74) is -1.12. The molecule has 1 aromatic carbocycles. The van der Waals surface area contributed by atoms with Crippen molar-refractivity contribution in [3.63, 3.8) is 0 Å². The third-order valence-corrected chi connectivity index (χ3v) is 2.53. The fourth-order valence-electron chi connectivity index (χ4n) is 1.73. The number of pyridine rings is 1. The number of aromatic nitrogens is 1. The summed E-state index contributed by atoms with van der Waals surface area (Å²) < 4.78 is 55.9. The number of ether oxygens (including phenoxy) is 1. The molecule has 0 aliphatic rings. The van der Waals surface area contributed by atoms with Gasteiger partial charge in [0.25, 0.3) is 12.9 Å². The predicted octanol–water partition coefficient (Wildman–Crippen LogP) is 4.12. The zero-order valence-electron chi connectivity index (χ0n) is 9.33. The first-order valence-corrected chi connectivity index (χ1v) is 5.08. The molecule has 2 rings (SSSR count). The van der Waals surface area contributed by atoms with Crippen molar-refractivity contribution in [3.8, 4) is 5.75 Å². The first kappa shape index (κ1) is 12.6. The fourth-order valence-corrected chi connectivity index (χ4v) is 1.73. The molecular weight excluding hydrogens is 250 g/mol. The lowest BCUT2D eigenvalue weighted by atomic mass is 10.1. The maximum Gasteiger partial charge on any atom is 0.280 e. The van der Waals surface area contributed by atoms with Crippen molar-refractivity contribution in [2.24, 2.45) is 0 Å². The fraction of sp³-hybridized carbons (Fsp3) is 0.250. The highest BCUT2D eigenvalue weighted by Crippen LogP contribution is 2.34. The van der Waals surface area contributed by atoms with E-state index in [4.69, 9.17) is 4.74 Å². The summed E-state index contributed by atoms with van der Waals surface area (Å²) in [5.74, 6) is 0.192. The van der Waals surface area contributed by atoms with Crippen LogP contribution in [0.1, 0.15) is 24.1 Å². The SMILES string of the molecule is COc1cccc2c(C(F)F)cc(C(F)F)nc12. The van der Waals surface area contributed by atoms with E-state index >= 15 is 0 Å². The summed E-state index contributed by atoms with van der Waals surface area (Å²) >= 11 is 0. The van der Waals surface area contributed by atoms with E-state index in [1.165, 1.54) is 25.3 Å². The number of para-hydroxylation sites is 1. The standard InChI is InChI=1S/C12H9F4NO/c1-18-9-4-2-3-6-7(11(13)14)5-8(12(15)16)17-10(6)9/h2-5,11-12H,1H3. The lowest BCUT2D eigenvalue weighted by Crippen LogP contribution is -1.98. The maximum atomic E-state index is 12.9. The largest absolute Gasteiger partial charge is 0.494 e. The molecule has 0 aliphatic heterocycles. The van der Waals surface area contributed by atoms with Gasteiger partial charge < -0.3 is 4.74 Å². The number of hydrogen-bond acceptors (Lipinski definition) is 2. The van der Waals surface area contributed by atoms with Crippen LogP contribution < -0.4 is 4.74 Å². The normalized spacial score (nSPS) is 11.5. The number of halogens is 4. The van der Waals surface area contributed by atoms with E-state index in [1.54, 1.807) is 0 Å². The van der Waals surface area contributed by atoms with Crippen molar-refractivity contribution in [1.82, 2.24) is 4.98 Å². The van der Waals surface area contributed by atoms with Gasteiger partial charge in [-0.3, -0.25) is 0 Å². The molecule has 0 unspecified atom stereocenters. The van der Waals surface area contributed by atoms with E-state index in [0.717, 1.165) is 6.07 Å². The second-order valence-electron chi connectivity index (χ2n) is 3.59. The van der Waals surface area contributed by atoms with E-state index in [9.17, 15) is 17.6 Å². The van der Waals surface area contributed by atoms with Crippen LogP contribution in [0.3, 0.4) is 0 Å². The monoisotopic (exact) mass is 259 g/mol. The molecule has 0 aliphatic carbocycles. The van der Waals surface area contributed by atoms with E-state index in [1.807, 2.05) is 0 Å². The molecule has 6 heteroatoms. The van der Waals surface area contributed by atoms with Crippen LogP contribution in [0.5, 0.6) is 5.75 Å². The van der Waals surface area contributed by atoms with Gasteiger partial charge in [-0.15, -0.1) is 0 Å². The topological polar surface area (TPSA) is 22.1 Å². The Balaban J connectivity index is 2.81. The van der Waals surface area contributed by atoms with Crippen molar-refractivity contribution in [2.75, 3.05) is 7.11 Å². The average molecular weight is 259 g/mol. The van der Waals surface area contributed by atoms with Crippen LogP contribution in [0.25, 0.3) is 10.9 Å². The smallest absolute Gasteiger partial charge is 0.280 e. The number of rotatable bonds is 3. The van der Waals surface area contributed by atoms with Crippen LogP contribution >= 0.6 is 0 Å². The first-order chi connectivity index (χ1) is 8.54. The molecule has 0 saturated carbocycles. The lowest BCUT2D eigenvalue weighted by molar-refractivity contribution is 0.141. The number of nitrogens with zero attached hydrogens (tertiary/aromatic N) is 1. The van der Waals surface area contributed by atoms with Gasteiger partial charge in [0.2, 0.25) is 0 Å². The van der Waals surface area contributed by atoms with Gasteiger partial charge in [-0.1, -0.05) is 12.1 Å². The van der Waals surface area contributed by atoms with Gasteiger partial charge in [0, 0.05) is 10.9 Å². The van der Waals surface area contributed by atoms with Gasteiger partial charge >= 0.3 is 0 Å². The van der Waals surface area contributed by atoms with Crippen LogP contribution in [-0.2, 0) is 0 Å². The van der Waals surface area contributed by atoms with Crippen molar-refractivity contribution < 1.29 is 22.3 Å². The Kier molecular flexibility index (Phi) is 3.36. The molecule has 2 aromatic rings. The number of hydrogen-bond donors (Lipinski definition) is 0. The molecule has 0 fully saturated rings. The molecule has 18 heavy (non-hydrogen) atoms.